The van der Waals surface area contributed by atoms with Crippen LogP contribution in [0.4, 0.5) is 5.69 Å². The SMILES string of the molecule is CCCC(C(=Nc1ccc(Br)cc1C)N(C=O)CC)N1CCNCC1.CO. The summed E-state index contributed by atoms with van der Waals surface area (Å²) in [5.41, 5.74) is 2.03. The van der Waals surface area contributed by atoms with E-state index in [0.717, 1.165) is 74.1 Å². The van der Waals surface area contributed by atoms with Gasteiger partial charge in [-0.1, -0.05) is 29.3 Å². The fourth-order valence-electron chi connectivity index (χ4n) is 3.23. The van der Waals surface area contributed by atoms with E-state index in [0.29, 0.717) is 6.54 Å². The van der Waals surface area contributed by atoms with Crippen molar-refractivity contribution in [2.75, 3.05) is 39.8 Å². The lowest BCUT2D eigenvalue weighted by molar-refractivity contribution is -0.114. The average Bonchev–Trinajstić information content (AvgIpc) is 2.70. The summed E-state index contributed by atoms with van der Waals surface area (Å²) in [6, 6.07) is 6.24. The summed E-state index contributed by atoms with van der Waals surface area (Å²) < 4.78 is 1.04. The number of aryl methyl sites for hydroxylation is 1. The van der Waals surface area contributed by atoms with E-state index in [-0.39, 0.29) is 6.04 Å². The lowest BCUT2D eigenvalue weighted by Crippen LogP contribution is -2.54. The fourth-order valence-corrected chi connectivity index (χ4v) is 3.71. The van der Waals surface area contributed by atoms with Gasteiger partial charge >= 0.3 is 0 Å². The number of halogens is 1. The monoisotopic (exact) mass is 440 g/mol. The highest BCUT2D eigenvalue weighted by Gasteiger charge is 2.28. The van der Waals surface area contributed by atoms with Crippen molar-refractivity contribution in [3.8, 4) is 0 Å². The first kappa shape index (κ1) is 23.8. The molecular weight excluding hydrogens is 408 g/mol. The third-order valence-corrected chi connectivity index (χ3v) is 5.10. The van der Waals surface area contributed by atoms with Crippen LogP contribution in [0.2, 0.25) is 0 Å². The number of nitrogens with zero attached hydrogens (tertiary/aromatic N) is 3. The van der Waals surface area contributed by atoms with Crippen LogP contribution in [-0.4, -0.2) is 73.0 Å². The molecule has 0 saturated carbocycles. The number of benzene rings is 1. The van der Waals surface area contributed by atoms with E-state index in [9.17, 15) is 4.79 Å². The number of hydrogen-bond acceptors (Lipinski definition) is 5. The molecule has 0 aliphatic carbocycles. The Balaban J connectivity index is 0.00000176. The van der Waals surface area contributed by atoms with Gasteiger partial charge in [0.05, 0.1) is 11.7 Å². The van der Waals surface area contributed by atoms with Crippen LogP contribution >= 0.6 is 15.9 Å². The molecule has 0 spiro atoms. The molecular formula is C20H33BrN4O2. The predicted octanol–water partition coefficient (Wildman–Crippen LogP) is 2.95. The van der Waals surface area contributed by atoms with Gasteiger partial charge in [-0.25, -0.2) is 4.99 Å². The fraction of sp³-hybridized carbons (Fsp3) is 0.600. The van der Waals surface area contributed by atoms with Crippen molar-refractivity contribution in [3.63, 3.8) is 0 Å². The van der Waals surface area contributed by atoms with Crippen LogP contribution in [0.3, 0.4) is 0 Å². The highest BCUT2D eigenvalue weighted by atomic mass is 79.9. The van der Waals surface area contributed by atoms with Crippen LogP contribution in [0.1, 0.15) is 32.3 Å². The second kappa shape index (κ2) is 13.0. The summed E-state index contributed by atoms with van der Waals surface area (Å²) in [6.45, 7) is 10.8. The van der Waals surface area contributed by atoms with E-state index in [2.05, 4.69) is 46.1 Å². The number of aliphatic hydroxyl groups excluding tert-OH is 1. The van der Waals surface area contributed by atoms with Crippen LogP contribution in [0.25, 0.3) is 0 Å². The third-order valence-electron chi connectivity index (χ3n) is 4.61. The van der Waals surface area contributed by atoms with E-state index >= 15 is 0 Å². The van der Waals surface area contributed by atoms with Crippen LogP contribution in [-0.2, 0) is 4.79 Å². The van der Waals surface area contributed by atoms with Gasteiger partial charge < -0.3 is 15.3 Å². The van der Waals surface area contributed by atoms with Gasteiger partial charge in [0.25, 0.3) is 0 Å². The number of amidine groups is 1. The molecule has 1 saturated heterocycles. The van der Waals surface area contributed by atoms with E-state index in [4.69, 9.17) is 10.1 Å². The highest BCUT2D eigenvalue weighted by molar-refractivity contribution is 9.10. The Morgan fingerprint density at radius 1 is 1.37 bits per heavy atom. The maximum absolute atomic E-state index is 11.7. The predicted molar refractivity (Wildman–Crippen MR) is 116 cm³/mol. The van der Waals surface area contributed by atoms with Crippen LogP contribution in [0.5, 0.6) is 0 Å². The van der Waals surface area contributed by atoms with Gasteiger partial charge in [0, 0.05) is 44.3 Å². The topological polar surface area (TPSA) is 68.2 Å². The standard InChI is InChI=1S/C19H29BrN4O.CH4O/c1-4-6-18(24-11-9-21-10-12-24)19(23(5-2)14-25)22-17-8-7-16(20)13-15(17)3;1-2/h7-8,13-14,18,21H,4-6,9-12H2,1-3H3;2H,1H3. The molecule has 0 radical (unpaired) electrons. The molecule has 1 aliphatic rings. The second-order valence-electron chi connectivity index (χ2n) is 6.38. The first-order valence-electron chi connectivity index (χ1n) is 9.56. The van der Waals surface area contributed by atoms with Crippen LogP contribution in [0, 0.1) is 6.92 Å². The van der Waals surface area contributed by atoms with Gasteiger partial charge in [-0.15, -0.1) is 0 Å². The number of amides is 1. The Hall–Kier alpha value is -1.28. The van der Waals surface area contributed by atoms with Gasteiger partial charge in [0.1, 0.15) is 5.84 Å². The van der Waals surface area contributed by atoms with Gasteiger partial charge in [0.15, 0.2) is 0 Å². The molecule has 1 fully saturated rings. The summed E-state index contributed by atoms with van der Waals surface area (Å²) in [4.78, 5) is 20.9. The van der Waals surface area contributed by atoms with Crippen molar-refractivity contribution in [3.05, 3.63) is 28.2 Å². The Morgan fingerprint density at radius 3 is 2.56 bits per heavy atom. The number of carbonyl (C=O) groups is 1. The molecule has 7 heteroatoms. The van der Waals surface area contributed by atoms with E-state index in [1.54, 1.807) is 4.90 Å². The molecule has 27 heavy (non-hydrogen) atoms. The van der Waals surface area contributed by atoms with E-state index < -0.39 is 0 Å². The lowest BCUT2D eigenvalue weighted by Gasteiger charge is -2.37. The van der Waals surface area contributed by atoms with Crippen molar-refractivity contribution < 1.29 is 9.90 Å². The summed E-state index contributed by atoms with van der Waals surface area (Å²) in [5.74, 6) is 0.867. The number of piperazine rings is 1. The zero-order chi connectivity index (χ0) is 20.2. The minimum atomic E-state index is 0.167. The Morgan fingerprint density at radius 2 is 2.04 bits per heavy atom. The zero-order valence-corrected chi connectivity index (χ0v) is 18.5. The van der Waals surface area contributed by atoms with Crippen molar-refractivity contribution in [2.24, 2.45) is 4.99 Å². The normalized spacial score (nSPS) is 16.3. The number of hydrogen-bond donors (Lipinski definition) is 2. The molecule has 1 atom stereocenters. The minimum absolute atomic E-state index is 0.167. The summed E-state index contributed by atoms with van der Waals surface area (Å²) in [5, 5.41) is 10.4. The first-order valence-corrected chi connectivity index (χ1v) is 10.4. The number of aliphatic hydroxyl groups is 1. The van der Waals surface area contributed by atoms with Crippen molar-refractivity contribution in [1.29, 1.82) is 0 Å². The van der Waals surface area contributed by atoms with E-state index in [1.165, 1.54) is 0 Å². The molecule has 1 aliphatic heterocycles. The average molecular weight is 441 g/mol. The molecule has 6 nitrogen and oxygen atoms in total. The maximum Gasteiger partial charge on any atom is 0.215 e. The smallest absolute Gasteiger partial charge is 0.215 e. The molecule has 2 N–H and O–H groups in total. The highest BCUT2D eigenvalue weighted by Crippen LogP contribution is 2.25. The third kappa shape index (κ3) is 6.99. The molecule has 1 unspecified atom stereocenters. The Bertz CT molecular complexity index is 604. The molecule has 2 rings (SSSR count). The second-order valence-corrected chi connectivity index (χ2v) is 7.30. The molecule has 1 amide bonds. The van der Waals surface area contributed by atoms with Gasteiger partial charge in [-0.05, 0) is 44.0 Å². The number of nitrogens with one attached hydrogen (secondary N) is 1. The van der Waals surface area contributed by atoms with Crippen molar-refractivity contribution in [2.45, 2.75) is 39.7 Å². The Kier molecular flexibility index (Phi) is 11.4. The van der Waals surface area contributed by atoms with Gasteiger partial charge in [-0.3, -0.25) is 9.69 Å². The van der Waals surface area contributed by atoms with Gasteiger partial charge in [0.2, 0.25) is 6.41 Å². The Labute approximate surface area is 171 Å². The van der Waals surface area contributed by atoms with Crippen molar-refractivity contribution in [1.82, 2.24) is 15.1 Å². The molecule has 0 bridgehead atoms. The number of rotatable bonds is 7. The summed E-state index contributed by atoms with van der Waals surface area (Å²) in [7, 11) is 1.00. The molecule has 1 aromatic rings. The molecule has 1 heterocycles. The largest absolute Gasteiger partial charge is 0.400 e. The van der Waals surface area contributed by atoms with Crippen molar-refractivity contribution >= 4 is 33.9 Å². The molecule has 1 aromatic carbocycles. The summed E-state index contributed by atoms with van der Waals surface area (Å²) >= 11 is 3.50. The van der Waals surface area contributed by atoms with Crippen LogP contribution in [0.15, 0.2) is 27.7 Å². The minimum Gasteiger partial charge on any atom is -0.400 e. The first-order chi connectivity index (χ1) is 13.1. The van der Waals surface area contributed by atoms with Crippen LogP contribution < -0.4 is 5.32 Å². The van der Waals surface area contributed by atoms with Gasteiger partial charge in [-0.2, -0.15) is 0 Å². The van der Waals surface area contributed by atoms with E-state index in [1.807, 2.05) is 19.1 Å². The number of carbonyl (C=O) groups excluding carboxylic acids is 1. The number of aliphatic imine (C=N–C) groups is 1. The zero-order valence-electron chi connectivity index (χ0n) is 16.9. The maximum atomic E-state index is 11.7. The lowest BCUT2D eigenvalue weighted by atomic mass is 10.1. The molecule has 0 aromatic heterocycles. The quantitative estimate of drug-likeness (QED) is 0.388. The summed E-state index contributed by atoms with van der Waals surface area (Å²) in [6.07, 6.45) is 2.97. The number of likely N-dealkylation sites (N-methyl/N-ethyl adjacent to an activating group) is 1. The molecule has 152 valence electrons.